The molecule has 0 fully saturated rings. The Morgan fingerprint density at radius 1 is 1.33 bits per heavy atom. The average molecular weight is 305 g/mol. The number of halogens is 1. The summed E-state index contributed by atoms with van der Waals surface area (Å²) < 4.78 is 5.31. The number of rotatable bonds is 5. The number of anilines is 1. The number of hydrogen-bond donors (Lipinski definition) is 2. The standard InChI is InChI=1S/C16H17ClN2O2/c1-10-13(16(18)20)4-3-5-14(10)19-9-11-8-12(17)6-7-15(11)21-2/h3-8,19H,9H2,1-2H3,(H2,18,20). The molecule has 0 aliphatic heterocycles. The fourth-order valence-electron chi connectivity index (χ4n) is 2.17. The second-order valence-electron chi connectivity index (χ2n) is 4.65. The highest BCUT2D eigenvalue weighted by Gasteiger charge is 2.09. The smallest absolute Gasteiger partial charge is 0.249 e. The van der Waals surface area contributed by atoms with Crippen LogP contribution >= 0.6 is 11.6 Å². The number of ether oxygens (including phenoxy) is 1. The minimum absolute atomic E-state index is 0.434. The molecule has 0 atom stereocenters. The maximum Gasteiger partial charge on any atom is 0.249 e. The van der Waals surface area contributed by atoms with Crippen molar-refractivity contribution in [2.75, 3.05) is 12.4 Å². The third-order valence-corrected chi connectivity index (χ3v) is 3.55. The fraction of sp³-hybridized carbons (Fsp3) is 0.188. The highest BCUT2D eigenvalue weighted by atomic mass is 35.5. The van der Waals surface area contributed by atoms with Crippen LogP contribution in [0.5, 0.6) is 5.75 Å². The second kappa shape index (κ2) is 6.50. The summed E-state index contributed by atoms with van der Waals surface area (Å²) in [5.41, 5.74) is 8.48. The van der Waals surface area contributed by atoms with Gasteiger partial charge >= 0.3 is 0 Å². The Labute approximate surface area is 128 Å². The summed E-state index contributed by atoms with van der Waals surface area (Å²) in [6.07, 6.45) is 0. The molecule has 0 aliphatic carbocycles. The second-order valence-corrected chi connectivity index (χ2v) is 5.09. The van der Waals surface area contributed by atoms with Gasteiger partial charge in [0.1, 0.15) is 5.75 Å². The number of hydrogen-bond acceptors (Lipinski definition) is 3. The number of methoxy groups -OCH3 is 1. The number of nitrogens with two attached hydrogens (primary N) is 1. The molecule has 5 heteroatoms. The van der Waals surface area contributed by atoms with E-state index < -0.39 is 5.91 Å². The first kappa shape index (κ1) is 15.2. The molecule has 21 heavy (non-hydrogen) atoms. The molecular weight excluding hydrogens is 288 g/mol. The lowest BCUT2D eigenvalue weighted by Crippen LogP contribution is -2.14. The maximum absolute atomic E-state index is 11.4. The molecule has 3 N–H and O–H groups in total. The third-order valence-electron chi connectivity index (χ3n) is 3.31. The molecule has 0 radical (unpaired) electrons. The molecule has 2 rings (SSSR count). The van der Waals surface area contributed by atoms with Crippen molar-refractivity contribution in [1.29, 1.82) is 0 Å². The van der Waals surface area contributed by atoms with E-state index in [4.69, 9.17) is 22.1 Å². The molecule has 0 unspecified atom stereocenters. The summed E-state index contributed by atoms with van der Waals surface area (Å²) in [5.74, 6) is 0.326. The van der Waals surface area contributed by atoms with E-state index in [9.17, 15) is 4.79 Å². The summed E-state index contributed by atoms with van der Waals surface area (Å²) in [4.78, 5) is 11.4. The molecule has 0 saturated heterocycles. The molecule has 0 aromatic heterocycles. The van der Waals surface area contributed by atoms with Gasteiger partial charge in [0.05, 0.1) is 7.11 Å². The Kier molecular flexibility index (Phi) is 4.70. The highest BCUT2D eigenvalue weighted by Crippen LogP contribution is 2.25. The van der Waals surface area contributed by atoms with Gasteiger partial charge in [-0.25, -0.2) is 0 Å². The zero-order valence-corrected chi connectivity index (χ0v) is 12.7. The van der Waals surface area contributed by atoms with Gasteiger partial charge in [-0.15, -0.1) is 0 Å². The fourth-order valence-corrected chi connectivity index (χ4v) is 2.36. The predicted molar refractivity (Wildman–Crippen MR) is 85.0 cm³/mol. The molecular formula is C16H17ClN2O2. The van der Waals surface area contributed by atoms with Gasteiger partial charge in [-0.05, 0) is 42.8 Å². The van der Waals surface area contributed by atoms with Crippen molar-refractivity contribution >= 4 is 23.2 Å². The van der Waals surface area contributed by atoms with Crippen molar-refractivity contribution in [3.05, 3.63) is 58.1 Å². The number of carbonyl (C=O) groups is 1. The van der Waals surface area contributed by atoms with Crippen LogP contribution in [-0.2, 0) is 6.54 Å². The first-order valence-corrected chi connectivity index (χ1v) is 6.86. The Balaban J connectivity index is 2.23. The molecule has 0 spiro atoms. The van der Waals surface area contributed by atoms with Crippen LogP contribution in [0.3, 0.4) is 0 Å². The van der Waals surface area contributed by atoms with Crippen LogP contribution in [0, 0.1) is 6.92 Å². The summed E-state index contributed by atoms with van der Waals surface area (Å²) in [6, 6.07) is 10.9. The van der Waals surface area contributed by atoms with Gasteiger partial charge < -0.3 is 15.8 Å². The number of primary amides is 1. The molecule has 1 amide bonds. The van der Waals surface area contributed by atoms with Crippen molar-refractivity contribution in [1.82, 2.24) is 0 Å². The lowest BCUT2D eigenvalue weighted by molar-refractivity contribution is 0.1000. The summed E-state index contributed by atoms with van der Waals surface area (Å²) in [7, 11) is 1.62. The molecule has 4 nitrogen and oxygen atoms in total. The Hall–Kier alpha value is -2.20. The van der Waals surface area contributed by atoms with Crippen LogP contribution in [0.2, 0.25) is 5.02 Å². The van der Waals surface area contributed by atoms with E-state index in [2.05, 4.69) is 5.32 Å². The van der Waals surface area contributed by atoms with Crippen LogP contribution in [0.1, 0.15) is 21.5 Å². The molecule has 2 aromatic carbocycles. The van der Waals surface area contributed by atoms with E-state index in [0.29, 0.717) is 17.1 Å². The summed E-state index contributed by atoms with van der Waals surface area (Å²) >= 11 is 6.01. The Bertz CT molecular complexity index is 671. The van der Waals surface area contributed by atoms with Gasteiger partial charge in [-0.1, -0.05) is 17.7 Å². The van der Waals surface area contributed by atoms with Crippen LogP contribution in [0.4, 0.5) is 5.69 Å². The van der Waals surface area contributed by atoms with E-state index in [0.717, 1.165) is 22.6 Å². The first-order chi connectivity index (χ1) is 10.0. The van der Waals surface area contributed by atoms with Crippen LogP contribution in [0.25, 0.3) is 0 Å². The van der Waals surface area contributed by atoms with E-state index in [-0.39, 0.29) is 0 Å². The monoisotopic (exact) mass is 304 g/mol. The zero-order valence-electron chi connectivity index (χ0n) is 11.9. The normalized spacial score (nSPS) is 10.2. The molecule has 0 aliphatic rings. The van der Waals surface area contributed by atoms with E-state index in [1.165, 1.54) is 0 Å². The molecule has 0 bridgehead atoms. The third kappa shape index (κ3) is 3.47. The predicted octanol–water partition coefficient (Wildman–Crippen LogP) is 3.37. The van der Waals surface area contributed by atoms with Gasteiger partial charge in [-0.3, -0.25) is 4.79 Å². The van der Waals surface area contributed by atoms with Crippen LogP contribution in [-0.4, -0.2) is 13.0 Å². The highest BCUT2D eigenvalue weighted by molar-refractivity contribution is 6.30. The largest absolute Gasteiger partial charge is 0.496 e. The van der Waals surface area contributed by atoms with Gasteiger partial charge in [0.2, 0.25) is 5.91 Å². The number of amides is 1. The quantitative estimate of drug-likeness (QED) is 0.890. The summed E-state index contributed by atoms with van der Waals surface area (Å²) in [5, 5.41) is 3.93. The zero-order chi connectivity index (χ0) is 15.4. The Morgan fingerprint density at radius 2 is 2.10 bits per heavy atom. The molecule has 110 valence electrons. The minimum Gasteiger partial charge on any atom is -0.496 e. The summed E-state index contributed by atoms with van der Waals surface area (Å²) in [6.45, 7) is 2.39. The van der Waals surface area contributed by atoms with Crippen LogP contribution in [0.15, 0.2) is 36.4 Å². The van der Waals surface area contributed by atoms with Crippen molar-refractivity contribution in [3.8, 4) is 5.75 Å². The molecule has 0 heterocycles. The van der Waals surface area contributed by atoms with E-state index in [1.807, 2.05) is 25.1 Å². The van der Waals surface area contributed by atoms with Gasteiger partial charge in [-0.2, -0.15) is 0 Å². The SMILES string of the molecule is COc1ccc(Cl)cc1CNc1cccc(C(N)=O)c1C. The number of benzene rings is 2. The van der Waals surface area contributed by atoms with Crippen LogP contribution < -0.4 is 15.8 Å². The first-order valence-electron chi connectivity index (χ1n) is 6.48. The van der Waals surface area contributed by atoms with Gasteiger partial charge in [0.25, 0.3) is 0 Å². The van der Waals surface area contributed by atoms with E-state index >= 15 is 0 Å². The Morgan fingerprint density at radius 3 is 2.76 bits per heavy atom. The molecule has 0 saturated carbocycles. The van der Waals surface area contributed by atoms with Gasteiger partial charge in [0, 0.05) is 28.4 Å². The topological polar surface area (TPSA) is 64.3 Å². The average Bonchev–Trinajstić information content (AvgIpc) is 2.46. The van der Waals surface area contributed by atoms with Crippen molar-refractivity contribution in [2.24, 2.45) is 5.73 Å². The number of carbonyl (C=O) groups excluding carboxylic acids is 1. The lowest BCUT2D eigenvalue weighted by atomic mass is 10.1. The lowest BCUT2D eigenvalue weighted by Gasteiger charge is -2.14. The van der Waals surface area contributed by atoms with Crippen molar-refractivity contribution < 1.29 is 9.53 Å². The maximum atomic E-state index is 11.4. The molecule has 2 aromatic rings. The minimum atomic E-state index is -0.434. The van der Waals surface area contributed by atoms with Gasteiger partial charge in [0.15, 0.2) is 0 Å². The number of nitrogens with one attached hydrogen (secondary N) is 1. The van der Waals surface area contributed by atoms with Crippen molar-refractivity contribution in [3.63, 3.8) is 0 Å². The van der Waals surface area contributed by atoms with Crippen molar-refractivity contribution in [2.45, 2.75) is 13.5 Å². The van der Waals surface area contributed by atoms with E-state index in [1.54, 1.807) is 25.3 Å².